The van der Waals surface area contributed by atoms with E-state index in [-0.39, 0.29) is 0 Å². The highest BCUT2D eigenvalue weighted by molar-refractivity contribution is 5.66. The predicted octanol–water partition coefficient (Wildman–Crippen LogP) is 3.49. The van der Waals surface area contributed by atoms with Crippen molar-refractivity contribution in [2.24, 2.45) is 0 Å². The monoisotopic (exact) mass is 201 g/mol. The summed E-state index contributed by atoms with van der Waals surface area (Å²) in [4.78, 5) is 0. The summed E-state index contributed by atoms with van der Waals surface area (Å²) in [5, 5.41) is 3.65. The molecule has 1 N–H and O–H groups in total. The molecule has 1 fully saturated rings. The molecule has 15 heavy (non-hydrogen) atoms. The minimum atomic E-state index is 0.527. The maximum absolute atomic E-state index is 3.65. The molecule has 1 aromatic carbocycles. The number of para-hydroxylation sites is 1. The van der Waals surface area contributed by atoms with Crippen LogP contribution in [0.1, 0.15) is 43.7 Å². The highest BCUT2D eigenvalue weighted by Crippen LogP contribution is 2.51. The summed E-state index contributed by atoms with van der Waals surface area (Å²) in [6, 6.07) is 6.87. The summed E-state index contributed by atoms with van der Waals surface area (Å²) >= 11 is 0. The molecule has 1 aliphatic heterocycles. The lowest BCUT2D eigenvalue weighted by atomic mass is 9.65. The number of hydrogen-bond acceptors (Lipinski definition) is 1. The Morgan fingerprint density at radius 1 is 1.33 bits per heavy atom. The first-order chi connectivity index (χ1) is 7.36. The molecular weight excluding hydrogens is 182 g/mol. The molecule has 0 atom stereocenters. The van der Waals surface area contributed by atoms with Crippen molar-refractivity contribution in [3.63, 3.8) is 0 Å². The Bertz CT molecular complexity index is 377. The lowest BCUT2D eigenvalue weighted by Gasteiger charge is -2.38. The van der Waals surface area contributed by atoms with Crippen molar-refractivity contribution in [1.29, 1.82) is 0 Å². The molecule has 0 saturated heterocycles. The summed E-state index contributed by atoms with van der Waals surface area (Å²) in [6.45, 7) is 3.44. The van der Waals surface area contributed by atoms with Gasteiger partial charge in [0.25, 0.3) is 0 Å². The fourth-order valence-corrected chi connectivity index (χ4v) is 3.13. The molecule has 1 aromatic rings. The number of fused-ring (bicyclic) bond motifs is 2. The van der Waals surface area contributed by atoms with E-state index >= 15 is 0 Å². The van der Waals surface area contributed by atoms with E-state index in [0.717, 1.165) is 0 Å². The van der Waals surface area contributed by atoms with Gasteiger partial charge in [-0.15, -0.1) is 0 Å². The van der Waals surface area contributed by atoms with Crippen LogP contribution < -0.4 is 5.32 Å². The van der Waals surface area contributed by atoms with Gasteiger partial charge in [0.05, 0.1) is 0 Å². The molecule has 1 heteroatoms. The molecule has 1 saturated carbocycles. The quantitative estimate of drug-likeness (QED) is 0.772. The van der Waals surface area contributed by atoms with Crippen molar-refractivity contribution in [1.82, 2.24) is 0 Å². The van der Waals surface area contributed by atoms with E-state index in [4.69, 9.17) is 0 Å². The van der Waals surface area contributed by atoms with Crippen molar-refractivity contribution in [3.05, 3.63) is 29.3 Å². The summed E-state index contributed by atoms with van der Waals surface area (Å²) < 4.78 is 0. The summed E-state index contributed by atoms with van der Waals surface area (Å²) in [5.41, 5.74) is 5.14. The third-order valence-corrected chi connectivity index (χ3v) is 4.16. The number of benzene rings is 1. The Morgan fingerprint density at radius 2 is 2.20 bits per heavy atom. The third kappa shape index (κ3) is 1.22. The Labute approximate surface area is 91.9 Å². The minimum absolute atomic E-state index is 0.527. The Kier molecular flexibility index (Phi) is 2.01. The molecule has 0 amide bonds. The maximum Gasteiger partial charge on any atom is 0.0411 e. The van der Waals surface area contributed by atoms with E-state index in [1.807, 2.05) is 0 Å². The van der Waals surface area contributed by atoms with Gasteiger partial charge in [-0.1, -0.05) is 38.0 Å². The Hall–Kier alpha value is -0.980. The van der Waals surface area contributed by atoms with E-state index < -0.39 is 0 Å². The molecule has 1 nitrogen and oxygen atoms in total. The SMILES string of the molecule is CCCc1cccc2c1NCC21CCC1. The number of aryl methyl sites for hydroxylation is 1. The van der Waals surface area contributed by atoms with Crippen molar-refractivity contribution in [3.8, 4) is 0 Å². The second kappa shape index (κ2) is 3.26. The van der Waals surface area contributed by atoms with Gasteiger partial charge in [-0.25, -0.2) is 0 Å². The van der Waals surface area contributed by atoms with Crippen LogP contribution in [0.5, 0.6) is 0 Å². The zero-order valence-electron chi connectivity index (χ0n) is 9.47. The fraction of sp³-hybridized carbons (Fsp3) is 0.571. The van der Waals surface area contributed by atoms with Gasteiger partial charge in [-0.2, -0.15) is 0 Å². The van der Waals surface area contributed by atoms with E-state index in [2.05, 4.69) is 30.4 Å². The topological polar surface area (TPSA) is 12.0 Å². The van der Waals surface area contributed by atoms with Gasteiger partial charge in [0.15, 0.2) is 0 Å². The first-order valence-electron chi connectivity index (χ1n) is 6.22. The van der Waals surface area contributed by atoms with Crippen LogP contribution in [0.15, 0.2) is 18.2 Å². The van der Waals surface area contributed by atoms with Gasteiger partial charge in [0.2, 0.25) is 0 Å². The maximum atomic E-state index is 3.65. The van der Waals surface area contributed by atoms with Crippen LogP contribution in [0.2, 0.25) is 0 Å². The lowest BCUT2D eigenvalue weighted by Crippen LogP contribution is -2.35. The molecule has 0 bridgehead atoms. The number of rotatable bonds is 2. The number of nitrogens with one attached hydrogen (secondary N) is 1. The van der Waals surface area contributed by atoms with Gasteiger partial charge < -0.3 is 5.32 Å². The Balaban J connectivity index is 2.03. The van der Waals surface area contributed by atoms with Gasteiger partial charge in [0.1, 0.15) is 0 Å². The van der Waals surface area contributed by atoms with Crippen LogP contribution in [0, 0.1) is 0 Å². The van der Waals surface area contributed by atoms with E-state index in [9.17, 15) is 0 Å². The van der Waals surface area contributed by atoms with Gasteiger partial charge >= 0.3 is 0 Å². The average molecular weight is 201 g/mol. The summed E-state index contributed by atoms with van der Waals surface area (Å²) in [7, 11) is 0. The first-order valence-corrected chi connectivity index (χ1v) is 6.22. The standard InChI is InChI=1S/C14H19N/c1-2-5-11-6-3-7-12-13(11)15-10-14(12)8-4-9-14/h3,6-7,15H,2,4-5,8-10H2,1H3. The van der Waals surface area contributed by atoms with Crippen molar-refractivity contribution < 1.29 is 0 Å². The van der Waals surface area contributed by atoms with Crippen molar-refractivity contribution >= 4 is 5.69 Å². The van der Waals surface area contributed by atoms with Crippen LogP contribution in [0.25, 0.3) is 0 Å². The minimum Gasteiger partial charge on any atom is -0.384 e. The summed E-state index contributed by atoms with van der Waals surface area (Å²) in [6.07, 6.45) is 6.65. The Morgan fingerprint density at radius 3 is 2.87 bits per heavy atom. The smallest absolute Gasteiger partial charge is 0.0411 e. The van der Waals surface area contributed by atoms with Crippen molar-refractivity contribution in [2.75, 3.05) is 11.9 Å². The van der Waals surface area contributed by atoms with Crippen LogP contribution in [0.4, 0.5) is 5.69 Å². The molecule has 1 aliphatic carbocycles. The van der Waals surface area contributed by atoms with E-state index in [1.165, 1.54) is 49.9 Å². The fourth-order valence-electron chi connectivity index (χ4n) is 3.13. The zero-order chi connectivity index (χ0) is 10.3. The van der Waals surface area contributed by atoms with E-state index in [0.29, 0.717) is 5.41 Å². The summed E-state index contributed by atoms with van der Waals surface area (Å²) in [5.74, 6) is 0. The third-order valence-electron chi connectivity index (χ3n) is 4.16. The second-order valence-corrected chi connectivity index (χ2v) is 5.08. The molecule has 2 aliphatic rings. The second-order valence-electron chi connectivity index (χ2n) is 5.08. The highest BCUT2D eigenvalue weighted by Gasteiger charge is 2.44. The normalized spacial score (nSPS) is 20.9. The van der Waals surface area contributed by atoms with Gasteiger partial charge in [0, 0.05) is 17.6 Å². The van der Waals surface area contributed by atoms with Crippen LogP contribution in [-0.2, 0) is 11.8 Å². The van der Waals surface area contributed by atoms with Gasteiger partial charge in [-0.3, -0.25) is 0 Å². The number of anilines is 1. The van der Waals surface area contributed by atoms with Crippen LogP contribution in [-0.4, -0.2) is 6.54 Å². The van der Waals surface area contributed by atoms with Crippen LogP contribution >= 0.6 is 0 Å². The molecule has 80 valence electrons. The molecule has 0 radical (unpaired) electrons. The lowest BCUT2D eigenvalue weighted by molar-refractivity contribution is 0.272. The first kappa shape index (κ1) is 9.26. The molecule has 1 heterocycles. The zero-order valence-corrected chi connectivity index (χ0v) is 9.47. The highest BCUT2D eigenvalue weighted by atomic mass is 14.9. The predicted molar refractivity (Wildman–Crippen MR) is 64.5 cm³/mol. The molecule has 0 unspecified atom stereocenters. The largest absolute Gasteiger partial charge is 0.384 e. The number of hydrogen-bond donors (Lipinski definition) is 1. The van der Waals surface area contributed by atoms with Gasteiger partial charge in [-0.05, 0) is 30.4 Å². The molecular formula is C14H19N. The molecule has 3 rings (SSSR count). The molecule has 1 spiro atoms. The van der Waals surface area contributed by atoms with Crippen molar-refractivity contribution in [2.45, 2.75) is 44.4 Å². The van der Waals surface area contributed by atoms with Crippen LogP contribution in [0.3, 0.4) is 0 Å². The average Bonchev–Trinajstić information content (AvgIpc) is 2.58. The molecule has 0 aromatic heterocycles. The van der Waals surface area contributed by atoms with E-state index in [1.54, 1.807) is 5.56 Å².